The SMILES string of the molecule is Cn1c(CN2CCN(C(=O)/C=C\c3ccccc3)CC2)nc2ccccc21. The maximum Gasteiger partial charge on any atom is 0.246 e. The molecule has 4 rings (SSSR count). The van der Waals surface area contributed by atoms with Gasteiger partial charge in [0.15, 0.2) is 0 Å². The minimum absolute atomic E-state index is 0.0845. The number of imidazole rings is 1. The van der Waals surface area contributed by atoms with Crippen LogP contribution in [-0.2, 0) is 18.4 Å². The van der Waals surface area contributed by atoms with E-state index >= 15 is 0 Å². The highest BCUT2D eigenvalue weighted by Crippen LogP contribution is 2.16. The molecule has 5 heteroatoms. The topological polar surface area (TPSA) is 41.4 Å². The van der Waals surface area contributed by atoms with Crippen LogP contribution in [0.2, 0.25) is 0 Å². The second kappa shape index (κ2) is 7.76. The molecule has 1 aromatic heterocycles. The van der Waals surface area contributed by atoms with Crippen LogP contribution in [-0.4, -0.2) is 51.4 Å². The number of benzene rings is 2. The molecule has 0 atom stereocenters. The number of aromatic nitrogens is 2. The van der Waals surface area contributed by atoms with Gasteiger partial charge in [0.25, 0.3) is 0 Å². The summed E-state index contributed by atoms with van der Waals surface area (Å²) < 4.78 is 2.16. The van der Waals surface area contributed by atoms with Gasteiger partial charge in [-0.15, -0.1) is 0 Å². The largest absolute Gasteiger partial charge is 0.337 e. The van der Waals surface area contributed by atoms with Gasteiger partial charge in [-0.25, -0.2) is 4.98 Å². The van der Waals surface area contributed by atoms with Crippen LogP contribution in [0.1, 0.15) is 11.4 Å². The molecular weight excluding hydrogens is 336 g/mol. The number of nitrogens with zero attached hydrogens (tertiary/aromatic N) is 4. The number of para-hydroxylation sites is 2. The van der Waals surface area contributed by atoms with E-state index in [-0.39, 0.29) is 5.91 Å². The van der Waals surface area contributed by atoms with E-state index in [0.29, 0.717) is 0 Å². The molecule has 0 saturated carbocycles. The van der Waals surface area contributed by atoms with Gasteiger partial charge in [-0.3, -0.25) is 9.69 Å². The highest BCUT2D eigenvalue weighted by Gasteiger charge is 2.21. The van der Waals surface area contributed by atoms with Crippen molar-refractivity contribution in [1.29, 1.82) is 0 Å². The van der Waals surface area contributed by atoms with E-state index in [4.69, 9.17) is 4.98 Å². The minimum atomic E-state index is 0.0845. The van der Waals surface area contributed by atoms with Crippen LogP contribution >= 0.6 is 0 Å². The standard InChI is InChI=1S/C22H24N4O/c1-24-20-10-6-5-9-19(20)23-21(24)17-25-13-15-26(16-14-25)22(27)12-11-18-7-3-2-4-8-18/h2-12H,13-17H2,1H3/b12-11-. The first-order valence-corrected chi connectivity index (χ1v) is 9.35. The van der Waals surface area contributed by atoms with Gasteiger partial charge < -0.3 is 9.47 Å². The molecule has 3 aromatic rings. The molecule has 27 heavy (non-hydrogen) atoms. The zero-order valence-corrected chi connectivity index (χ0v) is 15.6. The Kier molecular flexibility index (Phi) is 5.03. The Hall–Kier alpha value is -2.92. The molecule has 1 amide bonds. The number of fused-ring (bicyclic) bond motifs is 1. The van der Waals surface area contributed by atoms with Crippen molar-refractivity contribution in [1.82, 2.24) is 19.4 Å². The summed E-state index contributed by atoms with van der Waals surface area (Å²) in [5.41, 5.74) is 3.24. The summed E-state index contributed by atoms with van der Waals surface area (Å²) in [4.78, 5) is 21.5. The van der Waals surface area contributed by atoms with Gasteiger partial charge in [-0.2, -0.15) is 0 Å². The first kappa shape index (κ1) is 17.5. The number of piperazine rings is 1. The average molecular weight is 360 g/mol. The van der Waals surface area contributed by atoms with E-state index in [1.807, 2.05) is 53.4 Å². The fourth-order valence-corrected chi connectivity index (χ4v) is 3.50. The fourth-order valence-electron chi connectivity index (χ4n) is 3.50. The molecule has 138 valence electrons. The summed E-state index contributed by atoms with van der Waals surface area (Å²) in [6, 6.07) is 18.1. The van der Waals surface area contributed by atoms with Gasteiger partial charge in [0, 0.05) is 39.3 Å². The van der Waals surface area contributed by atoms with Crippen molar-refractivity contribution in [2.45, 2.75) is 6.54 Å². The van der Waals surface area contributed by atoms with Crippen molar-refractivity contribution in [3.63, 3.8) is 0 Å². The molecule has 1 aliphatic heterocycles. The number of aryl methyl sites for hydroxylation is 1. The Labute approximate surface area is 159 Å². The maximum atomic E-state index is 12.4. The third-order valence-corrected chi connectivity index (χ3v) is 5.15. The van der Waals surface area contributed by atoms with E-state index in [0.717, 1.165) is 55.1 Å². The molecule has 0 unspecified atom stereocenters. The zero-order chi connectivity index (χ0) is 18.6. The second-order valence-corrected chi connectivity index (χ2v) is 6.92. The van der Waals surface area contributed by atoms with Crippen molar-refractivity contribution < 1.29 is 4.79 Å². The average Bonchev–Trinajstić information content (AvgIpc) is 3.03. The zero-order valence-electron chi connectivity index (χ0n) is 15.6. The van der Waals surface area contributed by atoms with Crippen LogP contribution in [0.5, 0.6) is 0 Å². The summed E-state index contributed by atoms with van der Waals surface area (Å²) >= 11 is 0. The molecule has 0 N–H and O–H groups in total. The number of amides is 1. The van der Waals surface area contributed by atoms with Gasteiger partial charge in [0.1, 0.15) is 5.82 Å². The minimum Gasteiger partial charge on any atom is -0.337 e. The van der Waals surface area contributed by atoms with Crippen LogP contribution in [0.15, 0.2) is 60.7 Å². The molecule has 1 fully saturated rings. The summed E-state index contributed by atoms with van der Waals surface area (Å²) in [6.07, 6.45) is 3.56. The molecule has 0 aliphatic carbocycles. The number of carbonyl (C=O) groups excluding carboxylic acids is 1. The summed E-state index contributed by atoms with van der Waals surface area (Å²) in [6.45, 7) is 4.05. The monoisotopic (exact) mass is 360 g/mol. The predicted octanol–water partition coefficient (Wildman–Crippen LogP) is 2.93. The molecule has 1 saturated heterocycles. The summed E-state index contributed by atoms with van der Waals surface area (Å²) in [5.74, 6) is 1.15. The van der Waals surface area contributed by atoms with Crippen LogP contribution in [0.25, 0.3) is 17.1 Å². The highest BCUT2D eigenvalue weighted by molar-refractivity contribution is 5.91. The van der Waals surface area contributed by atoms with Crippen LogP contribution in [0.4, 0.5) is 0 Å². The van der Waals surface area contributed by atoms with Gasteiger partial charge in [0.2, 0.25) is 5.91 Å². The van der Waals surface area contributed by atoms with Crippen molar-refractivity contribution in [2.24, 2.45) is 7.05 Å². The normalized spacial score (nSPS) is 15.7. The number of carbonyl (C=O) groups is 1. The third kappa shape index (κ3) is 3.93. The Morgan fingerprint density at radius 3 is 2.44 bits per heavy atom. The smallest absolute Gasteiger partial charge is 0.246 e. The Bertz CT molecular complexity index is 953. The van der Waals surface area contributed by atoms with Gasteiger partial charge in [0.05, 0.1) is 17.6 Å². The number of hydrogen-bond donors (Lipinski definition) is 0. The molecule has 0 spiro atoms. The first-order chi connectivity index (χ1) is 13.2. The second-order valence-electron chi connectivity index (χ2n) is 6.92. The lowest BCUT2D eigenvalue weighted by Gasteiger charge is -2.34. The molecular formula is C22H24N4O. The predicted molar refractivity (Wildman–Crippen MR) is 108 cm³/mol. The molecule has 0 bridgehead atoms. The van der Waals surface area contributed by atoms with Crippen LogP contribution in [0, 0.1) is 0 Å². The highest BCUT2D eigenvalue weighted by atomic mass is 16.2. The lowest BCUT2D eigenvalue weighted by molar-refractivity contribution is -0.127. The Morgan fingerprint density at radius 2 is 1.70 bits per heavy atom. The molecule has 2 heterocycles. The number of rotatable bonds is 4. The maximum absolute atomic E-state index is 12.4. The first-order valence-electron chi connectivity index (χ1n) is 9.35. The van der Waals surface area contributed by atoms with Gasteiger partial charge in [-0.1, -0.05) is 42.5 Å². The Morgan fingerprint density at radius 1 is 1.00 bits per heavy atom. The van der Waals surface area contributed by atoms with Crippen LogP contribution < -0.4 is 0 Å². The summed E-state index contributed by atoms with van der Waals surface area (Å²) in [5, 5.41) is 0. The fraction of sp³-hybridized carbons (Fsp3) is 0.273. The lowest BCUT2D eigenvalue weighted by atomic mass is 10.2. The quantitative estimate of drug-likeness (QED) is 0.672. The van der Waals surface area contributed by atoms with Gasteiger partial charge >= 0.3 is 0 Å². The number of hydrogen-bond acceptors (Lipinski definition) is 3. The lowest BCUT2D eigenvalue weighted by Crippen LogP contribution is -2.48. The molecule has 0 radical (unpaired) electrons. The molecule has 5 nitrogen and oxygen atoms in total. The van der Waals surface area contributed by atoms with E-state index in [9.17, 15) is 4.79 Å². The van der Waals surface area contributed by atoms with Crippen LogP contribution in [0.3, 0.4) is 0 Å². The molecule has 2 aromatic carbocycles. The van der Waals surface area contributed by atoms with Crippen molar-refractivity contribution in [3.05, 3.63) is 72.1 Å². The van der Waals surface area contributed by atoms with E-state index in [2.05, 4.69) is 28.6 Å². The van der Waals surface area contributed by atoms with Gasteiger partial charge in [-0.05, 0) is 23.8 Å². The van der Waals surface area contributed by atoms with Crippen molar-refractivity contribution in [2.75, 3.05) is 26.2 Å². The van der Waals surface area contributed by atoms with E-state index in [1.165, 1.54) is 0 Å². The van der Waals surface area contributed by atoms with Crippen molar-refractivity contribution >= 4 is 23.0 Å². The third-order valence-electron chi connectivity index (χ3n) is 5.15. The Balaban J connectivity index is 1.34. The summed E-state index contributed by atoms with van der Waals surface area (Å²) in [7, 11) is 2.07. The molecule has 1 aliphatic rings. The van der Waals surface area contributed by atoms with E-state index in [1.54, 1.807) is 6.08 Å². The van der Waals surface area contributed by atoms with Crippen molar-refractivity contribution in [3.8, 4) is 0 Å². The van der Waals surface area contributed by atoms with E-state index < -0.39 is 0 Å².